The van der Waals surface area contributed by atoms with Gasteiger partial charge in [-0.15, -0.1) is 36.4 Å². The van der Waals surface area contributed by atoms with Crippen LogP contribution in [0.2, 0.25) is 0 Å². The van der Waals surface area contributed by atoms with Crippen LogP contribution < -0.4 is 0 Å². The fourth-order valence-electron chi connectivity index (χ4n) is 2.30. The van der Waals surface area contributed by atoms with Gasteiger partial charge in [0.05, 0.1) is 0 Å². The molecule has 5 heteroatoms. The first-order chi connectivity index (χ1) is 8.38. The SMILES string of the molecule is Cl.Cl.ClCCCN1CCN(Cc2ccccc2)CC1. The lowest BCUT2D eigenvalue weighted by Gasteiger charge is -2.34. The van der Waals surface area contributed by atoms with Crippen LogP contribution in [-0.4, -0.2) is 48.4 Å². The summed E-state index contributed by atoms with van der Waals surface area (Å²) in [5.41, 5.74) is 1.42. The van der Waals surface area contributed by atoms with Crippen molar-refractivity contribution in [3.05, 3.63) is 35.9 Å². The molecule has 0 unspecified atom stereocenters. The normalized spacial score (nSPS) is 16.5. The summed E-state index contributed by atoms with van der Waals surface area (Å²) >= 11 is 5.72. The van der Waals surface area contributed by atoms with Gasteiger partial charge in [0.25, 0.3) is 0 Å². The van der Waals surface area contributed by atoms with Gasteiger partial charge in [0.1, 0.15) is 0 Å². The van der Waals surface area contributed by atoms with Crippen molar-refractivity contribution in [3.8, 4) is 0 Å². The highest BCUT2D eigenvalue weighted by molar-refractivity contribution is 6.17. The average molecular weight is 326 g/mol. The molecule has 0 saturated carbocycles. The van der Waals surface area contributed by atoms with Gasteiger partial charge in [-0.2, -0.15) is 0 Å². The molecule has 1 aliphatic heterocycles. The van der Waals surface area contributed by atoms with E-state index in [0.29, 0.717) is 0 Å². The van der Waals surface area contributed by atoms with E-state index < -0.39 is 0 Å². The second-order valence-corrected chi connectivity index (χ2v) is 5.02. The molecule has 2 rings (SSSR count). The third kappa shape index (κ3) is 6.82. The number of rotatable bonds is 5. The standard InChI is InChI=1S/C14H21ClN2.2ClH/c15-7-4-8-16-9-11-17(12-10-16)13-14-5-2-1-3-6-14;;/h1-3,5-6H,4,7-13H2;2*1H. The summed E-state index contributed by atoms with van der Waals surface area (Å²) in [6, 6.07) is 10.7. The second kappa shape index (κ2) is 10.8. The number of halogens is 3. The zero-order valence-electron chi connectivity index (χ0n) is 11.1. The predicted octanol–water partition coefficient (Wildman–Crippen LogP) is 3.28. The third-order valence-corrected chi connectivity index (χ3v) is 3.59. The molecule has 1 heterocycles. The zero-order valence-corrected chi connectivity index (χ0v) is 13.5. The van der Waals surface area contributed by atoms with E-state index in [-0.39, 0.29) is 24.8 Å². The highest BCUT2D eigenvalue weighted by Crippen LogP contribution is 2.08. The molecule has 0 amide bonds. The molecule has 2 nitrogen and oxygen atoms in total. The highest BCUT2D eigenvalue weighted by Gasteiger charge is 2.15. The van der Waals surface area contributed by atoms with E-state index in [1.165, 1.54) is 31.7 Å². The van der Waals surface area contributed by atoms with Crippen LogP contribution in [0.5, 0.6) is 0 Å². The molecule has 0 N–H and O–H groups in total. The van der Waals surface area contributed by atoms with Crippen molar-refractivity contribution in [3.63, 3.8) is 0 Å². The van der Waals surface area contributed by atoms with Gasteiger partial charge in [0, 0.05) is 38.6 Å². The molecule has 1 aliphatic rings. The lowest BCUT2D eigenvalue weighted by atomic mass is 10.2. The number of benzene rings is 1. The smallest absolute Gasteiger partial charge is 0.0235 e. The lowest BCUT2D eigenvalue weighted by Crippen LogP contribution is -2.46. The fraction of sp³-hybridized carbons (Fsp3) is 0.571. The van der Waals surface area contributed by atoms with E-state index in [9.17, 15) is 0 Å². The molecule has 1 aromatic rings. The van der Waals surface area contributed by atoms with Crippen LogP contribution in [0.25, 0.3) is 0 Å². The van der Waals surface area contributed by atoms with Crippen LogP contribution in [0.3, 0.4) is 0 Å². The molecule has 0 atom stereocenters. The van der Waals surface area contributed by atoms with E-state index in [0.717, 1.165) is 25.4 Å². The Balaban J connectivity index is 0.00000162. The Kier molecular flexibility index (Phi) is 10.8. The summed E-state index contributed by atoms with van der Waals surface area (Å²) in [4.78, 5) is 5.05. The van der Waals surface area contributed by atoms with E-state index in [4.69, 9.17) is 11.6 Å². The number of hydrogen-bond acceptors (Lipinski definition) is 2. The summed E-state index contributed by atoms with van der Waals surface area (Å²) < 4.78 is 0. The molecule has 0 bridgehead atoms. The van der Waals surface area contributed by atoms with E-state index >= 15 is 0 Å². The van der Waals surface area contributed by atoms with Gasteiger partial charge in [0.15, 0.2) is 0 Å². The first-order valence-electron chi connectivity index (χ1n) is 6.43. The summed E-state index contributed by atoms with van der Waals surface area (Å²) in [5.74, 6) is 0.782. The van der Waals surface area contributed by atoms with Crippen molar-refractivity contribution in [1.29, 1.82) is 0 Å². The molecular formula is C14H23Cl3N2. The Morgan fingerprint density at radius 3 is 2.05 bits per heavy atom. The Morgan fingerprint density at radius 1 is 0.895 bits per heavy atom. The minimum Gasteiger partial charge on any atom is -0.301 e. The topological polar surface area (TPSA) is 6.48 Å². The first kappa shape index (κ1) is 19.0. The molecule has 0 radical (unpaired) electrons. The lowest BCUT2D eigenvalue weighted by molar-refractivity contribution is 0.127. The summed E-state index contributed by atoms with van der Waals surface area (Å²) in [5, 5.41) is 0. The van der Waals surface area contributed by atoms with Crippen molar-refractivity contribution in [2.75, 3.05) is 38.6 Å². The molecule has 1 aromatic carbocycles. The fourth-order valence-corrected chi connectivity index (χ4v) is 2.42. The van der Waals surface area contributed by atoms with Crippen LogP contribution in [0.1, 0.15) is 12.0 Å². The quantitative estimate of drug-likeness (QED) is 0.767. The van der Waals surface area contributed by atoms with Crippen LogP contribution in [-0.2, 0) is 6.54 Å². The molecule has 0 aliphatic carbocycles. The molecule has 1 fully saturated rings. The summed E-state index contributed by atoms with van der Waals surface area (Å²) in [6.07, 6.45) is 1.11. The van der Waals surface area contributed by atoms with E-state index in [1.54, 1.807) is 0 Å². The molecule has 1 saturated heterocycles. The number of alkyl halides is 1. The van der Waals surface area contributed by atoms with Crippen molar-refractivity contribution >= 4 is 36.4 Å². The predicted molar refractivity (Wildman–Crippen MR) is 88.0 cm³/mol. The van der Waals surface area contributed by atoms with Gasteiger partial charge in [-0.3, -0.25) is 4.90 Å². The van der Waals surface area contributed by atoms with Gasteiger partial charge in [-0.1, -0.05) is 30.3 Å². The number of hydrogen-bond donors (Lipinski definition) is 0. The van der Waals surface area contributed by atoms with E-state index in [1.807, 2.05) is 0 Å². The van der Waals surface area contributed by atoms with Gasteiger partial charge < -0.3 is 4.90 Å². The Hall–Kier alpha value is 0.01000. The molecule has 110 valence electrons. The summed E-state index contributed by atoms with van der Waals surface area (Å²) in [7, 11) is 0. The summed E-state index contributed by atoms with van der Waals surface area (Å²) in [6.45, 7) is 6.97. The van der Waals surface area contributed by atoms with Crippen molar-refractivity contribution in [2.45, 2.75) is 13.0 Å². The maximum atomic E-state index is 5.72. The molecule has 0 spiro atoms. The van der Waals surface area contributed by atoms with Crippen LogP contribution in [0, 0.1) is 0 Å². The zero-order chi connectivity index (χ0) is 11.9. The van der Waals surface area contributed by atoms with Crippen LogP contribution in [0.15, 0.2) is 30.3 Å². The molecular weight excluding hydrogens is 303 g/mol. The molecule has 0 aromatic heterocycles. The van der Waals surface area contributed by atoms with Gasteiger partial charge in [-0.25, -0.2) is 0 Å². The Morgan fingerprint density at radius 2 is 1.47 bits per heavy atom. The van der Waals surface area contributed by atoms with Crippen molar-refractivity contribution in [2.24, 2.45) is 0 Å². The van der Waals surface area contributed by atoms with Crippen LogP contribution in [0.4, 0.5) is 0 Å². The largest absolute Gasteiger partial charge is 0.301 e. The monoisotopic (exact) mass is 324 g/mol. The van der Waals surface area contributed by atoms with E-state index in [2.05, 4.69) is 40.1 Å². The van der Waals surface area contributed by atoms with Gasteiger partial charge in [-0.05, 0) is 18.5 Å². The van der Waals surface area contributed by atoms with Gasteiger partial charge in [0.2, 0.25) is 0 Å². The minimum absolute atomic E-state index is 0. The highest BCUT2D eigenvalue weighted by atomic mass is 35.5. The third-order valence-electron chi connectivity index (χ3n) is 3.32. The maximum absolute atomic E-state index is 5.72. The first-order valence-corrected chi connectivity index (χ1v) is 6.96. The van der Waals surface area contributed by atoms with Crippen molar-refractivity contribution in [1.82, 2.24) is 9.80 Å². The number of piperazine rings is 1. The van der Waals surface area contributed by atoms with Crippen molar-refractivity contribution < 1.29 is 0 Å². The van der Waals surface area contributed by atoms with Gasteiger partial charge >= 0.3 is 0 Å². The number of nitrogens with zero attached hydrogens (tertiary/aromatic N) is 2. The maximum Gasteiger partial charge on any atom is 0.0235 e. The average Bonchev–Trinajstić information content (AvgIpc) is 2.39. The Bertz CT molecular complexity index is 314. The Labute approximate surface area is 133 Å². The van der Waals surface area contributed by atoms with Crippen LogP contribution >= 0.6 is 36.4 Å². The molecule has 19 heavy (non-hydrogen) atoms. The second-order valence-electron chi connectivity index (χ2n) is 4.65. The minimum atomic E-state index is 0.